The minimum Gasteiger partial charge on any atom is -0.285 e. The van der Waals surface area contributed by atoms with Gasteiger partial charge in [-0.25, -0.2) is 4.68 Å². The van der Waals surface area contributed by atoms with Crippen LogP contribution in [-0.4, -0.2) is 22.3 Å². The third kappa shape index (κ3) is 2.09. The Kier molecular flexibility index (Phi) is 2.88. The molecule has 6 nitrogen and oxygen atoms in total. The molecule has 18 heavy (non-hydrogen) atoms. The third-order valence-corrected chi connectivity index (χ3v) is 3.51. The molecule has 0 saturated heterocycles. The quantitative estimate of drug-likeness (QED) is 0.805. The van der Waals surface area contributed by atoms with Gasteiger partial charge in [-0.1, -0.05) is 0 Å². The van der Waals surface area contributed by atoms with E-state index in [1.165, 1.54) is 28.9 Å². The van der Waals surface area contributed by atoms with Crippen LogP contribution in [0, 0.1) is 13.0 Å². The van der Waals surface area contributed by atoms with Gasteiger partial charge in [-0.05, 0) is 31.2 Å². The summed E-state index contributed by atoms with van der Waals surface area (Å²) in [5.74, 6) is 0. The number of rotatable bonds is 2. The van der Waals surface area contributed by atoms with Crippen molar-refractivity contribution in [3.8, 4) is 5.69 Å². The number of hydrogen-bond acceptors (Lipinski definition) is 3. The van der Waals surface area contributed by atoms with E-state index in [-0.39, 0.29) is 10.5 Å². The molecule has 7 heteroatoms. The molecular formula is C11H11N2O4S. The van der Waals surface area contributed by atoms with E-state index in [1.54, 1.807) is 18.7 Å². The zero-order chi connectivity index (χ0) is 13.5. The molecule has 0 saturated carbocycles. The van der Waals surface area contributed by atoms with Gasteiger partial charge in [0, 0.05) is 12.7 Å². The second kappa shape index (κ2) is 4.11. The third-order valence-electron chi connectivity index (χ3n) is 2.64. The van der Waals surface area contributed by atoms with Crippen molar-refractivity contribution in [2.75, 3.05) is 0 Å². The molecule has 0 bridgehead atoms. The summed E-state index contributed by atoms with van der Waals surface area (Å²) >= 11 is 0. The minimum atomic E-state index is -4.22. The summed E-state index contributed by atoms with van der Waals surface area (Å²) in [6.07, 6.45) is 0. The highest BCUT2D eigenvalue weighted by atomic mass is 32.2. The molecule has 0 spiro atoms. The monoisotopic (exact) mass is 267 g/mol. The van der Waals surface area contributed by atoms with Gasteiger partial charge in [0.25, 0.3) is 15.7 Å². The zero-order valence-corrected chi connectivity index (χ0v) is 10.6. The predicted octanol–water partition coefficient (Wildman–Crippen LogP) is 0.531. The lowest BCUT2D eigenvalue weighted by Crippen LogP contribution is -2.19. The van der Waals surface area contributed by atoms with Gasteiger partial charge in [-0.15, -0.1) is 0 Å². The van der Waals surface area contributed by atoms with Crippen molar-refractivity contribution in [1.29, 1.82) is 0 Å². The molecule has 0 aliphatic rings. The molecule has 1 aromatic heterocycles. The molecule has 0 unspecified atom stereocenters. The van der Waals surface area contributed by atoms with E-state index in [1.807, 2.05) is 0 Å². The number of aromatic nitrogens is 2. The molecule has 95 valence electrons. The maximum Gasteiger partial charge on any atom is 0.294 e. The zero-order valence-electron chi connectivity index (χ0n) is 9.78. The van der Waals surface area contributed by atoms with E-state index in [4.69, 9.17) is 4.55 Å². The summed E-state index contributed by atoms with van der Waals surface area (Å²) in [6, 6.07) is 7.98. The minimum absolute atomic E-state index is 0.214. The fraction of sp³-hybridized carbons (Fsp3) is 0.182. The SMILES string of the molecule is Cc1[c]c(=O)n(-c2ccc(S(=O)(=O)O)cc2)n1C. The van der Waals surface area contributed by atoms with Crippen molar-refractivity contribution >= 4 is 10.1 Å². The molecule has 1 heterocycles. The number of nitrogens with zero attached hydrogens (tertiary/aromatic N) is 2. The highest BCUT2D eigenvalue weighted by Crippen LogP contribution is 2.12. The molecule has 2 rings (SSSR count). The average Bonchev–Trinajstić information content (AvgIpc) is 2.52. The van der Waals surface area contributed by atoms with Crippen LogP contribution in [0.25, 0.3) is 5.69 Å². The Labute approximate surface area is 104 Å². The van der Waals surface area contributed by atoms with Crippen LogP contribution >= 0.6 is 0 Å². The Morgan fingerprint density at radius 1 is 1.22 bits per heavy atom. The highest BCUT2D eigenvalue weighted by molar-refractivity contribution is 7.85. The fourth-order valence-electron chi connectivity index (χ4n) is 1.62. The van der Waals surface area contributed by atoms with Crippen LogP contribution in [-0.2, 0) is 17.2 Å². The van der Waals surface area contributed by atoms with Gasteiger partial charge < -0.3 is 0 Å². The molecule has 0 atom stereocenters. The van der Waals surface area contributed by atoms with Crippen molar-refractivity contribution in [1.82, 2.24) is 9.36 Å². The number of aryl methyl sites for hydroxylation is 1. The van der Waals surface area contributed by atoms with E-state index in [0.29, 0.717) is 11.4 Å². The van der Waals surface area contributed by atoms with Gasteiger partial charge in [0.05, 0.1) is 16.6 Å². The van der Waals surface area contributed by atoms with E-state index in [2.05, 4.69) is 6.07 Å². The topological polar surface area (TPSA) is 81.3 Å². The van der Waals surface area contributed by atoms with Crippen LogP contribution in [0.4, 0.5) is 0 Å². The lowest BCUT2D eigenvalue weighted by Gasteiger charge is -2.08. The standard InChI is InChI=1S/C11H11N2O4S/c1-8-7-11(14)13(12(8)2)9-3-5-10(6-4-9)18(15,16)17/h3-6H,1-2H3,(H,15,16,17). The normalized spacial score (nSPS) is 11.7. The summed E-state index contributed by atoms with van der Waals surface area (Å²) in [5, 5.41) is 0. The second-order valence-electron chi connectivity index (χ2n) is 3.82. The van der Waals surface area contributed by atoms with Crippen LogP contribution in [0.5, 0.6) is 0 Å². The Balaban J connectivity index is 2.57. The van der Waals surface area contributed by atoms with Crippen molar-refractivity contribution in [2.24, 2.45) is 7.05 Å². The summed E-state index contributed by atoms with van der Waals surface area (Å²) < 4.78 is 33.6. The molecule has 0 aliphatic carbocycles. The molecule has 1 N–H and O–H groups in total. The average molecular weight is 267 g/mol. The molecule has 0 aliphatic heterocycles. The first-order valence-electron chi connectivity index (χ1n) is 5.06. The first kappa shape index (κ1) is 12.6. The Hall–Kier alpha value is -1.86. The molecule has 0 fully saturated rings. The van der Waals surface area contributed by atoms with Crippen LogP contribution < -0.4 is 5.56 Å². The maximum absolute atomic E-state index is 11.7. The van der Waals surface area contributed by atoms with Crippen LogP contribution in [0.15, 0.2) is 34.0 Å². The van der Waals surface area contributed by atoms with Crippen LogP contribution in [0.1, 0.15) is 5.69 Å². The first-order chi connectivity index (χ1) is 8.30. The smallest absolute Gasteiger partial charge is 0.285 e. The lowest BCUT2D eigenvalue weighted by molar-refractivity contribution is 0.483. The van der Waals surface area contributed by atoms with Gasteiger partial charge in [-0.3, -0.25) is 14.0 Å². The summed E-state index contributed by atoms with van der Waals surface area (Å²) in [7, 11) is -2.52. The maximum atomic E-state index is 11.7. The van der Waals surface area contributed by atoms with Gasteiger partial charge in [0.15, 0.2) is 0 Å². The Bertz CT molecular complexity index is 738. The largest absolute Gasteiger partial charge is 0.294 e. The predicted molar refractivity (Wildman–Crippen MR) is 64.4 cm³/mol. The van der Waals surface area contributed by atoms with Gasteiger partial charge in [0.2, 0.25) is 0 Å². The molecule has 1 radical (unpaired) electrons. The van der Waals surface area contributed by atoms with E-state index in [9.17, 15) is 13.2 Å². The first-order valence-corrected chi connectivity index (χ1v) is 6.50. The van der Waals surface area contributed by atoms with Crippen LogP contribution in [0.2, 0.25) is 0 Å². The number of hydrogen-bond donors (Lipinski definition) is 1. The van der Waals surface area contributed by atoms with E-state index >= 15 is 0 Å². The van der Waals surface area contributed by atoms with E-state index < -0.39 is 10.1 Å². The van der Waals surface area contributed by atoms with Crippen molar-refractivity contribution in [3.63, 3.8) is 0 Å². The lowest BCUT2D eigenvalue weighted by atomic mass is 10.3. The molecule has 1 aromatic carbocycles. The van der Waals surface area contributed by atoms with Gasteiger partial charge in [-0.2, -0.15) is 8.42 Å². The van der Waals surface area contributed by atoms with Crippen molar-refractivity contribution in [3.05, 3.63) is 46.4 Å². The van der Waals surface area contributed by atoms with Crippen LogP contribution in [0.3, 0.4) is 0 Å². The number of benzene rings is 1. The molecular weight excluding hydrogens is 256 g/mol. The van der Waals surface area contributed by atoms with E-state index in [0.717, 1.165) is 0 Å². The van der Waals surface area contributed by atoms with Gasteiger partial charge >= 0.3 is 0 Å². The molecule has 2 aromatic rings. The van der Waals surface area contributed by atoms with Gasteiger partial charge in [0.1, 0.15) is 0 Å². The van der Waals surface area contributed by atoms with Crippen molar-refractivity contribution < 1.29 is 13.0 Å². The second-order valence-corrected chi connectivity index (χ2v) is 5.24. The molecule has 0 amide bonds. The summed E-state index contributed by atoms with van der Waals surface area (Å²) in [6.45, 7) is 1.74. The summed E-state index contributed by atoms with van der Waals surface area (Å²) in [4.78, 5) is 11.4. The van der Waals surface area contributed by atoms with Crippen molar-refractivity contribution in [2.45, 2.75) is 11.8 Å². The Morgan fingerprint density at radius 2 is 1.78 bits per heavy atom. The Morgan fingerprint density at radius 3 is 2.17 bits per heavy atom. The summed E-state index contributed by atoms with van der Waals surface area (Å²) in [5.41, 5.74) is 0.840. The highest BCUT2D eigenvalue weighted by Gasteiger charge is 2.11. The fourth-order valence-corrected chi connectivity index (χ4v) is 2.10.